The smallest absolute Gasteiger partial charge is 0.189 e. The maximum atomic E-state index is 12.1. The molecule has 0 unspecified atom stereocenters. The van der Waals surface area contributed by atoms with Crippen LogP contribution in [0.3, 0.4) is 0 Å². The van der Waals surface area contributed by atoms with E-state index in [0.29, 0.717) is 28.2 Å². The molecule has 0 radical (unpaired) electrons. The Morgan fingerprint density at radius 1 is 1.38 bits per heavy atom. The van der Waals surface area contributed by atoms with Gasteiger partial charge in [0.05, 0.1) is 0 Å². The number of nitrogens with two attached hydrogens (primary N) is 1. The molecule has 0 fully saturated rings. The quantitative estimate of drug-likeness (QED) is 0.807. The first-order chi connectivity index (χ1) is 9.88. The highest BCUT2D eigenvalue weighted by molar-refractivity contribution is 7.18. The number of anilines is 3. The van der Waals surface area contributed by atoms with Crippen LogP contribution in [0.4, 0.5) is 16.6 Å². The zero-order chi connectivity index (χ0) is 15.6. The number of thiazole rings is 1. The van der Waals surface area contributed by atoms with Gasteiger partial charge in [-0.15, -0.1) is 0 Å². The number of ketones is 1. The summed E-state index contributed by atoms with van der Waals surface area (Å²) in [5.74, 6) is 0.696. The topological polar surface area (TPSA) is 68.0 Å². The highest BCUT2D eigenvalue weighted by Gasteiger charge is 2.17. The number of rotatable bonds is 5. The predicted octanol–water partition coefficient (Wildman–Crippen LogP) is 4.31. The minimum atomic E-state index is 0.0639. The molecule has 1 aromatic carbocycles. The molecule has 0 aliphatic heterocycles. The number of Topliss-reactive ketones (excluding diaryl/α,β-unsaturated/α-hetero) is 1. The molecule has 0 aliphatic rings. The summed E-state index contributed by atoms with van der Waals surface area (Å²) < 4.78 is 0. The van der Waals surface area contributed by atoms with Crippen LogP contribution in [0.25, 0.3) is 0 Å². The first kappa shape index (κ1) is 15.5. The molecular weight excluding hydrogens is 282 g/mol. The molecule has 0 amide bonds. The Balaban J connectivity index is 2.23. The molecule has 2 aromatic rings. The molecule has 1 heterocycles. The van der Waals surface area contributed by atoms with Crippen LogP contribution in [0, 0.1) is 19.8 Å². The average molecular weight is 303 g/mol. The molecule has 1 aromatic heterocycles. The summed E-state index contributed by atoms with van der Waals surface area (Å²) >= 11 is 1.32. The number of benzene rings is 1. The summed E-state index contributed by atoms with van der Waals surface area (Å²) in [6.07, 6.45) is 0.495. The number of aromatic nitrogens is 1. The molecule has 3 N–H and O–H groups in total. The summed E-state index contributed by atoms with van der Waals surface area (Å²) in [6, 6.07) is 6.05. The maximum absolute atomic E-state index is 12.1. The first-order valence-electron chi connectivity index (χ1n) is 7.01. The van der Waals surface area contributed by atoms with Gasteiger partial charge in [-0.3, -0.25) is 4.79 Å². The molecule has 0 saturated carbocycles. The fourth-order valence-corrected chi connectivity index (χ4v) is 2.90. The van der Waals surface area contributed by atoms with Crippen molar-refractivity contribution in [1.82, 2.24) is 4.98 Å². The maximum Gasteiger partial charge on any atom is 0.189 e. The molecule has 4 nitrogen and oxygen atoms in total. The van der Waals surface area contributed by atoms with Gasteiger partial charge in [-0.1, -0.05) is 37.3 Å². The van der Waals surface area contributed by atoms with E-state index in [1.807, 2.05) is 26.0 Å². The highest BCUT2D eigenvalue weighted by atomic mass is 32.1. The Kier molecular flexibility index (Phi) is 4.63. The number of nitrogens with zero attached hydrogens (tertiary/aromatic N) is 1. The minimum absolute atomic E-state index is 0.0639. The van der Waals surface area contributed by atoms with Gasteiger partial charge in [0, 0.05) is 12.1 Å². The summed E-state index contributed by atoms with van der Waals surface area (Å²) in [5.41, 5.74) is 9.25. The summed E-state index contributed by atoms with van der Waals surface area (Å²) in [4.78, 5) is 16.9. The van der Waals surface area contributed by atoms with Gasteiger partial charge in [0.25, 0.3) is 0 Å². The number of hydrogen-bond acceptors (Lipinski definition) is 5. The minimum Gasteiger partial charge on any atom is -0.382 e. The van der Waals surface area contributed by atoms with E-state index in [1.165, 1.54) is 22.5 Å². The summed E-state index contributed by atoms with van der Waals surface area (Å²) in [7, 11) is 0. The van der Waals surface area contributed by atoms with E-state index in [1.54, 1.807) is 0 Å². The summed E-state index contributed by atoms with van der Waals surface area (Å²) in [5, 5.41) is 3.92. The van der Waals surface area contributed by atoms with Crippen LogP contribution in [0.2, 0.25) is 0 Å². The molecule has 2 rings (SSSR count). The van der Waals surface area contributed by atoms with Crippen molar-refractivity contribution in [3.63, 3.8) is 0 Å². The lowest BCUT2D eigenvalue weighted by Crippen LogP contribution is -2.04. The van der Waals surface area contributed by atoms with Crippen molar-refractivity contribution in [3.8, 4) is 0 Å². The lowest BCUT2D eigenvalue weighted by atomic mass is 10.1. The summed E-state index contributed by atoms with van der Waals surface area (Å²) in [6.45, 7) is 8.16. The van der Waals surface area contributed by atoms with Crippen LogP contribution in [-0.4, -0.2) is 10.8 Å². The van der Waals surface area contributed by atoms with Crippen molar-refractivity contribution in [2.45, 2.75) is 34.1 Å². The number of carbonyl (C=O) groups is 1. The molecule has 0 spiro atoms. The van der Waals surface area contributed by atoms with Crippen molar-refractivity contribution < 1.29 is 4.79 Å². The monoisotopic (exact) mass is 303 g/mol. The third-order valence-corrected chi connectivity index (χ3v) is 4.37. The van der Waals surface area contributed by atoms with E-state index in [4.69, 9.17) is 5.73 Å². The fourth-order valence-electron chi connectivity index (χ4n) is 2.05. The van der Waals surface area contributed by atoms with Crippen LogP contribution in [0.5, 0.6) is 0 Å². The van der Waals surface area contributed by atoms with Gasteiger partial charge < -0.3 is 11.1 Å². The number of nitrogens with one attached hydrogen (secondary N) is 1. The lowest BCUT2D eigenvalue weighted by molar-refractivity contribution is 0.0972. The van der Waals surface area contributed by atoms with Gasteiger partial charge in [0.2, 0.25) is 0 Å². The normalized spacial score (nSPS) is 10.9. The third-order valence-electron chi connectivity index (χ3n) is 3.35. The van der Waals surface area contributed by atoms with Crippen molar-refractivity contribution in [1.29, 1.82) is 0 Å². The van der Waals surface area contributed by atoms with Crippen molar-refractivity contribution >= 4 is 33.8 Å². The second-order valence-electron chi connectivity index (χ2n) is 5.63. The van der Waals surface area contributed by atoms with Gasteiger partial charge in [-0.2, -0.15) is 0 Å². The standard InChI is InChI=1S/C16H21N3OS/c1-9(2)8-13(20)14-15(17)19-16(21-14)18-12-7-5-6-10(3)11(12)4/h5-7,9H,8,17H2,1-4H3,(H,18,19). The van der Waals surface area contributed by atoms with E-state index in [0.717, 1.165) is 5.69 Å². The van der Waals surface area contributed by atoms with Gasteiger partial charge >= 0.3 is 0 Å². The van der Waals surface area contributed by atoms with Crippen LogP contribution in [0.15, 0.2) is 18.2 Å². The average Bonchev–Trinajstić information content (AvgIpc) is 2.75. The van der Waals surface area contributed by atoms with Gasteiger partial charge in [0.1, 0.15) is 10.7 Å². The fraction of sp³-hybridized carbons (Fsp3) is 0.375. The largest absolute Gasteiger partial charge is 0.382 e. The second kappa shape index (κ2) is 6.26. The molecular formula is C16H21N3OS. The number of aryl methyl sites for hydroxylation is 1. The van der Waals surface area contributed by atoms with E-state index >= 15 is 0 Å². The van der Waals surface area contributed by atoms with Gasteiger partial charge in [-0.25, -0.2) is 4.98 Å². The lowest BCUT2D eigenvalue weighted by Gasteiger charge is -2.08. The molecule has 0 saturated heterocycles. The Labute approximate surface area is 129 Å². The van der Waals surface area contributed by atoms with Crippen LogP contribution >= 0.6 is 11.3 Å². The number of hydrogen-bond donors (Lipinski definition) is 2. The zero-order valence-corrected chi connectivity index (χ0v) is 13.7. The molecule has 5 heteroatoms. The second-order valence-corrected chi connectivity index (χ2v) is 6.63. The number of nitrogen functional groups attached to an aromatic ring is 1. The van der Waals surface area contributed by atoms with Gasteiger partial charge in [-0.05, 0) is 37.0 Å². The molecule has 0 aliphatic carbocycles. The highest BCUT2D eigenvalue weighted by Crippen LogP contribution is 2.30. The molecule has 112 valence electrons. The van der Waals surface area contributed by atoms with Crippen molar-refractivity contribution in [2.24, 2.45) is 5.92 Å². The Hall–Kier alpha value is -1.88. The zero-order valence-electron chi connectivity index (χ0n) is 12.9. The molecule has 0 bridgehead atoms. The van der Waals surface area contributed by atoms with Gasteiger partial charge in [0.15, 0.2) is 10.9 Å². The third kappa shape index (κ3) is 3.61. The molecule has 21 heavy (non-hydrogen) atoms. The number of carbonyl (C=O) groups excluding carboxylic acids is 1. The van der Waals surface area contributed by atoms with E-state index in [-0.39, 0.29) is 5.78 Å². The Morgan fingerprint density at radius 3 is 2.76 bits per heavy atom. The van der Waals surface area contributed by atoms with E-state index < -0.39 is 0 Å². The van der Waals surface area contributed by atoms with Crippen molar-refractivity contribution in [2.75, 3.05) is 11.1 Å². The van der Waals surface area contributed by atoms with Crippen LogP contribution in [-0.2, 0) is 0 Å². The predicted molar refractivity (Wildman–Crippen MR) is 89.5 cm³/mol. The SMILES string of the molecule is Cc1cccc(Nc2nc(N)c(C(=O)CC(C)C)s2)c1C. The van der Waals surface area contributed by atoms with E-state index in [2.05, 4.69) is 30.2 Å². The Bertz CT molecular complexity index is 662. The van der Waals surface area contributed by atoms with Crippen LogP contribution in [0.1, 0.15) is 41.1 Å². The molecule has 0 atom stereocenters. The van der Waals surface area contributed by atoms with Crippen LogP contribution < -0.4 is 11.1 Å². The Morgan fingerprint density at radius 2 is 2.10 bits per heavy atom. The van der Waals surface area contributed by atoms with E-state index in [9.17, 15) is 4.79 Å². The first-order valence-corrected chi connectivity index (χ1v) is 7.83. The van der Waals surface area contributed by atoms with Crippen molar-refractivity contribution in [3.05, 3.63) is 34.2 Å².